The van der Waals surface area contributed by atoms with Gasteiger partial charge in [0.2, 0.25) is 5.91 Å². The molecule has 0 radical (unpaired) electrons. The van der Waals surface area contributed by atoms with Gasteiger partial charge in [-0.3, -0.25) is 4.79 Å². The minimum absolute atomic E-state index is 0.0270. The summed E-state index contributed by atoms with van der Waals surface area (Å²) in [5, 5.41) is 43.3. The maximum atomic E-state index is 13.9. The molecule has 12 nitrogen and oxygen atoms in total. The fourth-order valence-corrected chi connectivity index (χ4v) is 5.30. The molecule has 234 valence electrons. The van der Waals surface area contributed by atoms with E-state index in [4.69, 9.17) is 14.0 Å². The Kier molecular flexibility index (Phi) is 8.90. The van der Waals surface area contributed by atoms with Crippen molar-refractivity contribution >= 4 is 5.91 Å². The van der Waals surface area contributed by atoms with Crippen LogP contribution in [0.25, 0.3) is 11.3 Å². The van der Waals surface area contributed by atoms with Gasteiger partial charge >= 0.3 is 0 Å². The van der Waals surface area contributed by atoms with Crippen molar-refractivity contribution in [1.29, 1.82) is 0 Å². The number of amides is 1. The fraction of sp³-hybridized carbons (Fsp3) is 0.571. The van der Waals surface area contributed by atoms with E-state index in [0.29, 0.717) is 24.4 Å². The second kappa shape index (κ2) is 12.3. The lowest BCUT2D eigenvalue weighted by atomic mass is 9.89. The van der Waals surface area contributed by atoms with E-state index in [1.165, 1.54) is 15.8 Å². The van der Waals surface area contributed by atoms with Crippen molar-refractivity contribution in [3.8, 4) is 11.3 Å². The number of hydrogen-bond donors (Lipinski definition) is 3. The third-order valence-electron chi connectivity index (χ3n) is 7.68. The van der Waals surface area contributed by atoms with E-state index in [1.807, 2.05) is 20.8 Å². The second-order valence-corrected chi connectivity index (χ2v) is 11.9. The third kappa shape index (κ3) is 6.60. The summed E-state index contributed by atoms with van der Waals surface area (Å²) in [6.45, 7) is 5.39. The van der Waals surface area contributed by atoms with Gasteiger partial charge in [0.15, 0.2) is 17.5 Å². The minimum Gasteiger partial charge on any atom is -0.394 e. The normalized spacial score (nSPS) is 26.3. The molecule has 15 heteroatoms. The van der Waals surface area contributed by atoms with Crippen molar-refractivity contribution in [2.75, 3.05) is 26.3 Å². The van der Waals surface area contributed by atoms with E-state index >= 15 is 0 Å². The smallest absolute Gasteiger partial charge is 0.248 e. The number of halogens is 3. The molecule has 5 rings (SSSR count). The van der Waals surface area contributed by atoms with Gasteiger partial charge in [-0.1, -0.05) is 31.1 Å². The average Bonchev–Trinajstić information content (AvgIpc) is 3.72. The van der Waals surface area contributed by atoms with E-state index in [1.54, 1.807) is 6.07 Å². The van der Waals surface area contributed by atoms with Gasteiger partial charge in [-0.25, -0.2) is 17.9 Å². The molecule has 0 bridgehead atoms. The zero-order valence-electron chi connectivity index (χ0n) is 23.9. The van der Waals surface area contributed by atoms with Crippen LogP contribution in [0.3, 0.4) is 0 Å². The lowest BCUT2D eigenvalue weighted by Crippen LogP contribution is -2.58. The number of likely N-dealkylation sites (tertiary alicyclic amines) is 1. The molecule has 2 saturated heterocycles. The van der Waals surface area contributed by atoms with Gasteiger partial charge < -0.3 is 34.2 Å². The highest BCUT2D eigenvalue weighted by Gasteiger charge is 2.48. The highest BCUT2D eigenvalue weighted by molar-refractivity contribution is 5.77. The van der Waals surface area contributed by atoms with Gasteiger partial charge in [-0.05, 0) is 18.6 Å². The molecule has 1 amide bonds. The number of aromatic nitrogens is 4. The van der Waals surface area contributed by atoms with Crippen LogP contribution in [0.2, 0.25) is 0 Å². The summed E-state index contributed by atoms with van der Waals surface area (Å²) in [6.07, 6.45) is -3.27. The summed E-state index contributed by atoms with van der Waals surface area (Å²) in [7, 11) is 0. The van der Waals surface area contributed by atoms with Crippen LogP contribution in [0.15, 0.2) is 28.9 Å². The molecule has 2 fully saturated rings. The summed E-state index contributed by atoms with van der Waals surface area (Å²) in [6, 6.07) is 2.19. The van der Waals surface area contributed by atoms with Gasteiger partial charge in [0.05, 0.1) is 30.7 Å². The Morgan fingerprint density at radius 3 is 2.47 bits per heavy atom. The van der Waals surface area contributed by atoms with Crippen molar-refractivity contribution in [2.24, 2.45) is 0 Å². The molecule has 4 heterocycles. The summed E-state index contributed by atoms with van der Waals surface area (Å²) >= 11 is 0. The lowest BCUT2D eigenvalue weighted by molar-refractivity contribution is -0.219. The molecule has 6 atom stereocenters. The van der Waals surface area contributed by atoms with Crippen LogP contribution in [0.5, 0.6) is 0 Å². The predicted octanol–water partition coefficient (Wildman–Crippen LogP) is 1.53. The first kappa shape index (κ1) is 31.1. The van der Waals surface area contributed by atoms with Crippen LogP contribution in [0.4, 0.5) is 13.2 Å². The zero-order chi connectivity index (χ0) is 31.1. The number of carbonyl (C=O) groups is 1. The molecule has 0 aliphatic carbocycles. The standard InChI is InChI=1S/C28H34F3N5O7/c1-28(2,3)22-9-15(33-43-22)8-20-27(41-13-23(39)35-5-4-16(38)10-35)25(26(40)21(12-37)42-20)36-11-19(32-34-36)14-6-17(29)24(31)18(30)7-14/h6-7,9,11,16,20-21,25-27,37-38,40H,4-5,8,10,12-13H2,1-3H3/t16?,20-,21-,25+,26+,27+/m1/s1. The van der Waals surface area contributed by atoms with Crippen molar-refractivity contribution in [3.05, 3.63) is 53.3 Å². The Morgan fingerprint density at radius 1 is 1.14 bits per heavy atom. The molecule has 2 aliphatic heterocycles. The van der Waals surface area contributed by atoms with Crippen LogP contribution < -0.4 is 0 Å². The van der Waals surface area contributed by atoms with Gasteiger partial charge in [0.1, 0.15) is 42.4 Å². The molecular weight excluding hydrogens is 575 g/mol. The van der Waals surface area contributed by atoms with Crippen molar-refractivity contribution in [2.45, 2.75) is 75.6 Å². The van der Waals surface area contributed by atoms with Crippen molar-refractivity contribution < 1.29 is 47.3 Å². The molecule has 0 spiro atoms. The number of hydrogen-bond acceptors (Lipinski definition) is 10. The number of carbonyl (C=O) groups excluding carboxylic acids is 1. The molecule has 2 aromatic heterocycles. The monoisotopic (exact) mass is 609 g/mol. The number of aliphatic hydroxyl groups excluding tert-OH is 3. The fourth-order valence-electron chi connectivity index (χ4n) is 5.30. The van der Waals surface area contributed by atoms with Gasteiger partial charge in [-0.15, -0.1) is 5.10 Å². The third-order valence-corrected chi connectivity index (χ3v) is 7.68. The second-order valence-electron chi connectivity index (χ2n) is 11.9. The highest BCUT2D eigenvalue weighted by atomic mass is 19.2. The first-order chi connectivity index (χ1) is 20.3. The topological polar surface area (TPSA) is 156 Å². The minimum atomic E-state index is -1.63. The average molecular weight is 610 g/mol. The summed E-state index contributed by atoms with van der Waals surface area (Å²) in [4.78, 5) is 14.4. The van der Waals surface area contributed by atoms with Gasteiger partial charge in [0, 0.05) is 36.6 Å². The van der Waals surface area contributed by atoms with E-state index < -0.39 is 67.2 Å². The van der Waals surface area contributed by atoms with Crippen molar-refractivity contribution in [1.82, 2.24) is 25.1 Å². The number of nitrogens with zero attached hydrogens (tertiary/aromatic N) is 5. The molecule has 1 aromatic carbocycles. The van der Waals surface area contributed by atoms with Crippen molar-refractivity contribution in [3.63, 3.8) is 0 Å². The molecule has 43 heavy (non-hydrogen) atoms. The lowest BCUT2D eigenvalue weighted by Gasteiger charge is -2.44. The van der Waals surface area contributed by atoms with Crippen LogP contribution in [-0.2, 0) is 26.1 Å². The Hall–Kier alpha value is -3.37. The van der Waals surface area contributed by atoms with E-state index in [0.717, 1.165) is 12.1 Å². The quantitative estimate of drug-likeness (QED) is 0.320. The Morgan fingerprint density at radius 2 is 1.86 bits per heavy atom. The molecule has 3 N–H and O–H groups in total. The number of rotatable bonds is 8. The molecule has 2 aliphatic rings. The first-order valence-corrected chi connectivity index (χ1v) is 13.9. The van der Waals surface area contributed by atoms with E-state index in [2.05, 4.69) is 15.5 Å². The van der Waals surface area contributed by atoms with E-state index in [9.17, 15) is 33.3 Å². The first-order valence-electron chi connectivity index (χ1n) is 13.9. The van der Waals surface area contributed by atoms with E-state index in [-0.39, 0.29) is 35.5 Å². The Bertz CT molecular complexity index is 1420. The largest absolute Gasteiger partial charge is 0.394 e. The highest BCUT2D eigenvalue weighted by Crippen LogP contribution is 2.35. The van der Waals surface area contributed by atoms with Crippen LogP contribution in [-0.4, -0.2) is 103 Å². The number of β-amino-alcohol motifs (C(OH)–C–C–N with tert-alkyl or cyclic N) is 1. The Labute approximate surface area is 245 Å². The van der Waals surface area contributed by atoms with Crippen LogP contribution >= 0.6 is 0 Å². The summed E-state index contributed by atoms with van der Waals surface area (Å²) in [5.74, 6) is -4.22. The zero-order valence-corrected chi connectivity index (χ0v) is 23.9. The van der Waals surface area contributed by atoms with Gasteiger partial charge in [0.25, 0.3) is 0 Å². The molecule has 0 saturated carbocycles. The SMILES string of the molecule is CC(C)(C)c1cc(C[C@H]2O[C@H](CO)[C@H](O)[C@H](n3cc(-c4cc(F)c(F)c(F)c4)nn3)[C@H]2OCC(=O)N2CCC(O)C2)no1. The molecule has 1 unspecified atom stereocenters. The Balaban J connectivity index is 1.47. The van der Waals surface area contributed by atoms with Gasteiger partial charge in [-0.2, -0.15) is 0 Å². The maximum absolute atomic E-state index is 13.9. The number of ether oxygens (including phenoxy) is 2. The predicted molar refractivity (Wildman–Crippen MR) is 142 cm³/mol. The van der Waals surface area contributed by atoms with Crippen LogP contribution in [0.1, 0.15) is 44.7 Å². The number of aliphatic hydroxyl groups is 3. The van der Waals surface area contributed by atoms with Crippen LogP contribution in [0, 0.1) is 17.5 Å². The maximum Gasteiger partial charge on any atom is 0.248 e. The summed E-state index contributed by atoms with van der Waals surface area (Å²) in [5.41, 5.74) is 0.0445. The summed E-state index contributed by atoms with van der Waals surface area (Å²) < 4.78 is 60.3. The molecular formula is C28H34F3N5O7. The molecule has 3 aromatic rings. The number of benzene rings is 1.